The van der Waals surface area contributed by atoms with Gasteiger partial charge < -0.3 is 15.1 Å². The molecule has 0 heterocycles. The average Bonchev–Trinajstić information content (AvgIpc) is 2.40. The summed E-state index contributed by atoms with van der Waals surface area (Å²) in [6.45, 7) is 4.25. The Morgan fingerprint density at radius 2 is 1.15 bits per heavy atom. The van der Waals surface area contributed by atoms with Crippen molar-refractivity contribution in [1.82, 2.24) is 0 Å². The van der Waals surface area contributed by atoms with E-state index in [9.17, 15) is 19.7 Å². The van der Waals surface area contributed by atoms with E-state index in [2.05, 4.69) is 13.8 Å². The van der Waals surface area contributed by atoms with E-state index in [1.54, 1.807) is 24.3 Å². The molecular weight excluding hydrogens is 275 g/mol. The fourth-order valence-electron chi connectivity index (χ4n) is 1.57. The lowest BCUT2D eigenvalue weighted by atomic mass is 10.3. The Morgan fingerprint density at radius 3 is 1.45 bits per heavy atom. The highest BCUT2D eigenvalue weighted by Crippen LogP contribution is 2.43. The van der Waals surface area contributed by atoms with E-state index in [1.807, 2.05) is 0 Å². The Hall–Kier alpha value is -1.77. The van der Waals surface area contributed by atoms with E-state index in [4.69, 9.17) is 0 Å². The molecule has 0 fully saturated rings. The van der Waals surface area contributed by atoms with Gasteiger partial charge in [-0.1, -0.05) is 44.5 Å². The first-order valence-electron chi connectivity index (χ1n) is 6.35. The molecule has 0 saturated heterocycles. The highest BCUT2D eigenvalue weighted by Gasteiger charge is 2.29. The summed E-state index contributed by atoms with van der Waals surface area (Å²) in [6.07, 6.45) is 1.25. The van der Waals surface area contributed by atoms with Gasteiger partial charge in [-0.2, -0.15) is 0 Å². The number of hydrogen-bond acceptors (Lipinski definition) is 3. The highest BCUT2D eigenvalue weighted by molar-refractivity contribution is 7.73. The molecule has 5 heteroatoms. The van der Waals surface area contributed by atoms with Crippen LogP contribution in [0.5, 0.6) is 11.5 Å². The molecule has 0 aliphatic heterocycles. The third-order valence-electron chi connectivity index (χ3n) is 2.42. The van der Waals surface area contributed by atoms with Crippen molar-refractivity contribution >= 4 is 18.0 Å². The van der Waals surface area contributed by atoms with Crippen LogP contribution in [0.1, 0.15) is 20.3 Å². The number of benzene rings is 2. The second-order valence-corrected chi connectivity index (χ2v) is 6.38. The van der Waals surface area contributed by atoms with Gasteiger partial charge in [0.05, 0.1) is 10.6 Å². The zero-order valence-corrected chi connectivity index (χ0v) is 12.4. The Labute approximate surface area is 118 Å². The lowest BCUT2D eigenvalue weighted by Gasteiger charge is -2.14. The van der Waals surface area contributed by atoms with Crippen molar-refractivity contribution in [3.63, 3.8) is 0 Å². The van der Waals surface area contributed by atoms with Crippen LogP contribution in [-0.4, -0.2) is 15.1 Å². The normalized spacial score (nSPS) is 10.6. The molecule has 0 radical (unpaired) electrons. The Balaban J connectivity index is 0.000000612. The molecule has 0 aromatic heterocycles. The van der Waals surface area contributed by atoms with E-state index in [-0.39, 0.29) is 22.1 Å². The van der Waals surface area contributed by atoms with E-state index >= 15 is 0 Å². The molecular formula is C15H19O4P. The fourth-order valence-corrected chi connectivity index (χ4v) is 3.18. The summed E-state index contributed by atoms with van der Waals surface area (Å²) < 4.78 is 12.3. The Kier molecular flexibility index (Phi) is 5.81. The van der Waals surface area contributed by atoms with Gasteiger partial charge in [-0.15, -0.1) is 0 Å². The molecule has 0 bridgehead atoms. The fraction of sp³-hybridized carbons (Fsp3) is 0.200. The van der Waals surface area contributed by atoms with Gasteiger partial charge in [0, 0.05) is 0 Å². The maximum atomic E-state index is 12.3. The number of para-hydroxylation sites is 2. The van der Waals surface area contributed by atoms with Gasteiger partial charge in [-0.3, -0.25) is 4.57 Å². The predicted molar refractivity (Wildman–Crippen MR) is 81.3 cm³/mol. The summed E-state index contributed by atoms with van der Waals surface area (Å²) in [7, 11) is -3.97. The number of aromatic hydroxyl groups is 2. The zero-order valence-electron chi connectivity index (χ0n) is 11.5. The Morgan fingerprint density at radius 1 is 0.850 bits per heavy atom. The van der Waals surface area contributed by atoms with E-state index in [0.717, 1.165) is 0 Å². The van der Waals surface area contributed by atoms with E-state index in [1.165, 1.54) is 30.7 Å². The smallest absolute Gasteiger partial charge is 0.266 e. The van der Waals surface area contributed by atoms with Crippen molar-refractivity contribution in [1.29, 1.82) is 0 Å². The molecule has 0 amide bonds. The highest BCUT2D eigenvalue weighted by atomic mass is 31.2. The average molecular weight is 294 g/mol. The lowest BCUT2D eigenvalue weighted by molar-refractivity contribution is 0.466. The van der Waals surface area contributed by atoms with Crippen LogP contribution in [-0.2, 0) is 4.57 Å². The monoisotopic (exact) mass is 294 g/mol. The van der Waals surface area contributed by atoms with Crippen molar-refractivity contribution in [3.8, 4) is 11.5 Å². The first-order valence-corrected chi connectivity index (χ1v) is 8.01. The third kappa shape index (κ3) is 3.62. The van der Waals surface area contributed by atoms with Crippen molar-refractivity contribution < 1.29 is 19.7 Å². The summed E-state index contributed by atoms with van der Waals surface area (Å²) in [5.74, 6) is -0.525. The van der Waals surface area contributed by atoms with Crippen LogP contribution in [0.25, 0.3) is 0 Å². The molecule has 0 aliphatic carbocycles. The molecule has 4 nitrogen and oxygen atoms in total. The Bertz CT molecular complexity index is 561. The molecule has 0 aliphatic rings. The summed E-state index contributed by atoms with van der Waals surface area (Å²) in [6, 6.07) is 11.6. The first-order chi connectivity index (χ1) is 9.45. The summed E-state index contributed by atoms with van der Waals surface area (Å²) in [5, 5.41) is 19.0. The summed E-state index contributed by atoms with van der Waals surface area (Å²) in [4.78, 5) is 10.1. The maximum absolute atomic E-state index is 12.3. The predicted octanol–water partition coefficient (Wildman–Crippen LogP) is 2.74. The number of phenolic OH excluding ortho intramolecular Hbond substituents is 2. The van der Waals surface area contributed by atoms with Crippen molar-refractivity contribution in [3.05, 3.63) is 48.5 Å². The molecule has 0 unspecified atom stereocenters. The van der Waals surface area contributed by atoms with Gasteiger partial charge >= 0.3 is 0 Å². The van der Waals surface area contributed by atoms with Crippen molar-refractivity contribution in [2.75, 3.05) is 0 Å². The number of hydrogen-bond donors (Lipinski definition) is 3. The van der Waals surface area contributed by atoms with Gasteiger partial charge in [0.15, 0.2) is 0 Å². The quantitative estimate of drug-likeness (QED) is 0.744. The molecule has 20 heavy (non-hydrogen) atoms. The van der Waals surface area contributed by atoms with Gasteiger partial charge in [0.25, 0.3) is 7.37 Å². The van der Waals surface area contributed by atoms with Crippen LogP contribution < -0.4 is 10.6 Å². The van der Waals surface area contributed by atoms with Crippen molar-refractivity contribution in [2.24, 2.45) is 0 Å². The third-order valence-corrected chi connectivity index (χ3v) is 4.48. The van der Waals surface area contributed by atoms with Gasteiger partial charge in [-0.05, 0) is 24.3 Å². The molecule has 0 spiro atoms. The SMILES string of the molecule is CCC.O=P(O)(c1ccccc1O)c1ccccc1O. The molecule has 2 aromatic rings. The summed E-state index contributed by atoms with van der Waals surface area (Å²) >= 11 is 0. The molecule has 2 aromatic carbocycles. The molecule has 3 N–H and O–H groups in total. The minimum Gasteiger partial charge on any atom is -0.507 e. The minimum atomic E-state index is -3.97. The topological polar surface area (TPSA) is 77.8 Å². The second-order valence-electron chi connectivity index (χ2n) is 4.26. The minimum absolute atomic E-state index is 0.0819. The van der Waals surface area contributed by atoms with Crippen molar-refractivity contribution in [2.45, 2.75) is 20.3 Å². The summed E-state index contributed by atoms with van der Waals surface area (Å²) in [5.41, 5.74) is 0. The van der Waals surface area contributed by atoms with Crippen LogP contribution in [0, 0.1) is 0 Å². The number of phenols is 2. The maximum Gasteiger partial charge on any atom is 0.266 e. The second kappa shape index (κ2) is 7.13. The van der Waals surface area contributed by atoms with Gasteiger partial charge in [-0.25, -0.2) is 0 Å². The van der Waals surface area contributed by atoms with Crippen LogP contribution in [0.3, 0.4) is 0 Å². The van der Waals surface area contributed by atoms with Crippen LogP contribution >= 0.6 is 7.37 Å². The zero-order chi connectivity index (χ0) is 15.2. The lowest BCUT2D eigenvalue weighted by Crippen LogP contribution is -2.16. The molecule has 2 rings (SSSR count). The van der Waals surface area contributed by atoms with E-state index in [0.29, 0.717) is 0 Å². The van der Waals surface area contributed by atoms with Crippen LogP contribution in [0.2, 0.25) is 0 Å². The molecule has 0 atom stereocenters. The largest absolute Gasteiger partial charge is 0.507 e. The first kappa shape index (κ1) is 16.3. The van der Waals surface area contributed by atoms with Gasteiger partial charge in [0.1, 0.15) is 11.5 Å². The molecule has 0 saturated carbocycles. The standard InChI is InChI=1S/C12H11O4P.C3H8/c13-9-5-1-3-7-11(9)17(15,16)12-8-4-2-6-10(12)14;1-3-2/h1-8,13-14H,(H,15,16);3H2,1-2H3. The van der Waals surface area contributed by atoms with Crippen LogP contribution in [0.15, 0.2) is 48.5 Å². The van der Waals surface area contributed by atoms with Crippen LogP contribution in [0.4, 0.5) is 0 Å². The van der Waals surface area contributed by atoms with Gasteiger partial charge in [0.2, 0.25) is 0 Å². The number of rotatable bonds is 2. The molecule has 108 valence electrons. The van der Waals surface area contributed by atoms with E-state index < -0.39 is 7.37 Å².